The number of nitrogens with zero attached hydrogens (tertiary/aromatic N) is 6. The number of hydrogen-bond acceptors (Lipinski definition) is 7. The minimum atomic E-state index is 0.190. The maximum absolute atomic E-state index is 4.72. The van der Waals surface area contributed by atoms with Crippen LogP contribution < -0.4 is 10.3 Å². The highest BCUT2D eigenvalue weighted by Crippen LogP contribution is 2.42. The number of aromatic nitrogens is 4. The van der Waals surface area contributed by atoms with Crippen molar-refractivity contribution >= 4 is 29.1 Å². The van der Waals surface area contributed by atoms with Crippen LogP contribution in [-0.2, 0) is 13.5 Å². The van der Waals surface area contributed by atoms with Crippen molar-refractivity contribution in [1.82, 2.24) is 24.8 Å². The fraction of sp³-hybridized carbons (Fsp3) is 0.348. The Balaban J connectivity index is 1.39. The molecular formula is C23H27N7S. The monoisotopic (exact) mass is 433 g/mol. The van der Waals surface area contributed by atoms with Crippen molar-refractivity contribution in [3.8, 4) is 11.3 Å². The molecule has 2 aliphatic rings. The topological polar surface area (TPSA) is 62.1 Å². The Kier molecular flexibility index (Phi) is 4.89. The number of thioether (sulfide) groups is 1. The van der Waals surface area contributed by atoms with Crippen molar-refractivity contribution in [2.75, 3.05) is 16.9 Å². The van der Waals surface area contributed by atoms with E-state index in [1.807, 2.05) is 31.1 Å². The molecule has 0 radical (unpaired) electrons. The Bertz CT molecular complexity index is 1130. The standard InChI is InChI=1S/C23H27N7S/c1-23(2,3)21-30(11-12-31-21)29-10-8-17-13-16(5-6-20(17)29)19-7-9-24-22(27-19)26-18-14-25-28(4)15-18/h5-7,9,11-15,21H,8,10H2,1-4H3,(H,24,26,27). The molecule has 7 nitrogen and oxygen atoms in total. The molecule has 0 bridgehead atoms. The zero-order chi connectivity index (χ0) is 21.6. The SMILES string of the molecule is Cn1cc(Nc2nccc(-c3ccc4c(c3)CCN4N3C=CSC3C(C)(C)C)n2)cn1. The Morgan fingerprint density at radius 1 is 1.19 bits per heavy atom. The Morgan fingerprint density at radius 2 is 2.06 bits per heavy atom. The van der Waals surface area contributed by atoms with Gasteiger partial charge in [0.1, 0.15) is 5.37 Å². The summed E-state index contributed by atoms with van der Waals surface area (Å²) in [5.41, 5.74) is 5.72. The van der Waals surface area contributed by atoms with Crippen molar-refractivity contribution in [1.29, 1.82) is 0 Å². The van der Waals surface area contributed by atoms with Gasteiger partial charge in [0.05, 0.1) is 23.3 Å². The summed E-state index contributed by atoms with van der Waals surface area (Å²) < 4.78 is 1.75. The maximum Gasteiger partial charge on any atom is 0.227 e. The molecular weight excluding hydrogens is 406 g/mol. The van der Waals surface area contributed by atoms with Gasteiger partial charge in [-0.3, -0.25) is 14.7 Å². The average Bonchev–Trinajstić information content (AvgIpc) is 3.46. The molecule has 31 heavy (non-hydrogen) atoms. The van der Waals surface area contributed by atoms with Gasteiger partial charge in [0, 0.05) is 37.7 Å². The minimum absolute atomic E-state index is 0.190. The van der Waals surface area contributed by atoms with Crippen LogP contribution in [0.2, 0.25) is 0 Å². The second-order valence-electron chi connectivity index (χ2n) is 9.03. The second-order valence-corrected chi connectivity index (χ2v) is 10.0. The number of rotatable bonds is 4. The van der Waals surface area contributed by atoms with E-state index in [2.05, 4.69) is 76.0 Å². The number of nitrogens with one attached hydrogen (secondary N) is 1. The minimum Gasteiger partial charge on any atom is -0.321 e. The van der Waals surface area contributed by atoms with Crippen molar-refractivity contribution in [2.45, 2.75) is 32.6 Å². The molecule has 2 aliphatic heterocycles. The molecule has 1 aromatic carbocycles. The first-order valence-electron chi connectivity index (χ1n) is 10.5. The smallest absolute Gasteiger partial charge is 0.227 e. The molecule has 3 aromatic rings. The molecule has 8 heteroatoms. The summed E-state index contributed by atoms with van der Waals surface area (Å²) in [4.78, 5) is 9.07. The van der Waals surface area contributed by atoms with E-state index in [-0.39, 0.29) is 5.41 Å². The zero-order valence-corrected chi connectivity index (χ0v) is 19.1. The molecule has 5 rings (SSSR count). The fourth-order valence-corrected chi connectivity index (χ4v) is 5.16. The third kappa shape index (κ3) is 3.87. The second kappa shape index (κ2) is 7.60. The quantitative estimate of drug-likeness (QED) is 0.635. The van der Waals surface area contributed by atoms with Crippen molar-refractivity contribution < 1.29 is 0 Å². The van der Waals surface area contributed by atoms with Crippen molar-refractivity contribution in [2.24, 2.45) is 12.5 Å². The first-order valence-corrected chi connectivity index (χ1v) is 11.4. The van der Waals surface area contributed by atoms with Gasteiger partial charge in [0.15, 0.2) is 0 Å². The van der Waals surface area contributed by atoms with Crippen LogP contribution in [-0.4, -0.2) is 36.7 Å². The van der Waals surface area contributed by atoms with Gasteiger partial charge >= 0.3 is 0 Å². The molecule has 0 amide bonds. The zero-order valence-electron chi connectivity index (χ0n) is 18.3. The van der Waals surface area contributed by atoms with E-state index >= 15 is 0 Å². The van der Waals surface area contributed by atoms with Gasteiger partial charge in [-0.25, -0.2) is 9.97 Å². The van der Waals surface area contributed by atoms with Crippen LogP contribution in [0.25, 0.3) is 11.3 Å². The van der Waals surface area contributed by atoms with Crippen LogP contribution in [0.5, 0.6) is 0 Å². The molecule has 1 atom stereocenters. The van der Waals surface area contributed by atoms with Crippen LogP contribution in [0.1, 0.15) is 26.3 Å². The summed E-state index contributed by atoms with van der Waals surface area (Å²) in [5.74, 6) is 0.569. The lowest BCUT2D eigenvalue weighted by atomic mass is 9.96. The summed E-state index contributed by atoms with van der Waals surface area (Å²) in [6.07, 6.45) is 8.69. The third-order valence-corrected chi connectivity index (χ3v) is 7.00. The number of hydrazine groups is 1. The van der Waals surface area contributed by atoms with Gasteiger partial charge in [0.2, 0.25) is 5.95 Å². The third-order valence-electron chi connectivity index (χ3n) is 5.54. The lowest BCUT2D eigenvalue weighted by Gasteiger charge is -2.41. The van der Waals surface area contributed by atoms with E-state index < -0.39 is 0 Å². The Hall–Kier alpha value is -3.00. The Labute approximate surface area is 187 Å². The van der Waals surface area contributed by atoms with E-state index in [0.717, 1.165) is 29.9 Å². The molecule has 1 unspecified atom stereocenters. The maximum atomic E-state index is 4.72. The highest BCUT2D eigenvalue weighted by atomic mass is 32.2. The molecule has 160 valence electrons. The molecule has 0 saturated heterocycles. The summed E-state index contributed by atoms with van der Waals surface area (Å²) in [6.45, 7) is 7.90. The average molecular weight is 434 g/mol. The number of fused-ring (bicyclic) bond motifs is 1. The molecule has 4 heterocycles. The van der Waals surface area contributed by atoms with E-state index in [0.29, 0.717) is 11.3 Å². The van der Waals surface area contributed by atoms with Gasteiger partial charge in [-0.1, -0.05) is 26.8 Å². The lowest BCUT2D eigenvalue weighted by Crippen LogP contribution is -2.46. The van der Waals surface area contributed by atoms with E-state index in [1.54, 1.807) is 17.1 Å². The fourth-order valence-electron chi connectivity index (χ4n) is 4.10. The van der Waals surface area contributed by atoms with Gasteiger partial charge < -0.3 is 5.32 Å². The Morgan fingerprint density at radius 3 is 2.84 bits per heavy atom. The van der Waals surface area contributed by atoms with E-state index in [9.17, 15) is 0 Å². The van der Waals surface area contributed by atoms with Crippen LogP contribution in [0.15, 0.2) is 54.5 Å². The molecule has 0 spiro atoms. The number of hydrogen-bond donors (Lipinski definition) is 1. The molecule has 0 saturated carbocycles. The summed E-state index contributed by atoms with van der Waals surface area (Å²) in [6, 6.07) is 8.61. The van der Waals surface area contributed by atoms with Crippen LogP contribution in [0, 0.1) is 5.41 Å². The predicted octanol–water partition coefficient (Wildman–Crippen LogP) is 4.79. The highest BCUT2D eigenvalue weighted by Gasteiger charge is 2.37. The van der Waals surface area contributed by atoms with E-state index in [1.165, 1.54) is 11.3 Å². The molecule has 0 fully saturated rings. The first-order chi connectivity index (χ1) is 14.9. The molecule has 0 aliphatic carbocycles. The van der Waals surface area contributed by atoms with Gasteiger partial charge in [-0.05, 0) is 41.0 Å². The summed E-state index contributed by atoms with van der Waals surface area (Å²) >= 11 is 1.90. The first kappa shape index (κ1) is 19.9. The number of aryl methyl sites for hydroxylation is 1. The largest absolute Gasteiger partial charge is 0.321 e. The van der Waals surface area contributed by atoms with Gasteiger partial charge in [-0.15, -0.1) is 11.8 Å². The van der Waals surface area contributed by atoms with Gasteiger partial charge in [-0.2, -0.15) is 5.10 Å². The molecule has 2 aromatic heterocycles. The van der Waals surface area contributed by atoms with E-state index in [4.69, 9.17) is 4.98 Å². The highest BCUT2D eigenvalue weighted by molar-refractivity contribution is 8.02. The van der Waals surface area contributed by atoms with Gasteiger partial charge in [0.25, 0.3) is 0 Å². The van der Waals surface area contributed by atoms with Crippen molar-refractivity contribution in [3.05, 3.63) is 60.0 Å². The van der Waals surface area contributed by atoms with Crippen LogP contribution in [0.3, 0.4) is 0 Å². The van der Waals surface area contributed by atoms with Crippen molar-refractivity contribution in [3.63, 3.8) is 0 Å². The molecule has 1 N–H and O–H groups in total. The van der Waals surface area contributed by atoms with Crippen LogP contribution in [0.4, 0.5) is 17.3 Å². The number of anilines is 3. The lowest BCUT2D eigenvalue weighted by molar-refractivity contribution is 0.214. The number of benzene rings is 1. The summed E-state index contributed by atoms with van der Waals surface area (Å²) in [7, 11) is 1.89. The summed E-state index contributed by atoms with van der Waals surface area (Å²) in [5, 5.41) is 14.8. The predicted molar refractivity (Wildman–Crippen MR) is 127 cm³/mol. The normalized spacial score (nSPS) is 18.0. The van der Waals surface area contributed by atoms with Crippen LogP contribution >= 0.6 is 11.8 Å².